The summed E-state index contributed by atoms with van der Waals surface area (Å²) in [5.41, 5.74) is 6.28. The van der Waals surface area contributed by atoms with Gasteiger partial charge in [0.1, 0.15) is 36.0 Å². The minimum absolute atomic E-state index is 0.0101. The van der Waals surface area contributed by atoms with Gasteiger partial charge in [-0.2, -0.15) is 0 Å². The van der Waals surface area contributed by atoms with Gasteiger partial charge in [0.05, 0.1) is 6.61 Å². The average molecular weight is 550 g/mol. The van der Waals surface area contributed by atoms with Crippen molar-refractivity contribution in [2.75, 3.05) is 13.2 Å². The van der Waals surface area contributed by atoms with Gasteiger partial charge in [0.15, 0.2) is 0 Å². The third-order valence-corrected chi connectivity index (χ3v) is 6.43. The highest BCUT2D eigenvalue weighted by molar-refractivity contribution is 5.95. The van der Waals surface area contributed by atoms with Gasteiger partial charge in [0.2, 0.25) is 23.6 Å². The van der Waals surface area contributed by atoms with Crippen LogP contribution in [0.5, 0.6) is 5.75 Å². The van der Waals surface area contributed by atoms with Crippen LogP contribution in [0.15, 0.2) is 24.3 Å². The molecule has 39 heavy (non-hydrogen) atoms. The highest BCUT2D eigenvalue weighted by atomic mass is 16.4. The summed E-state index contributed by atoms with van der Waals surface area (Å²) in [6.07, 6.45) is 1.11. The van der Waals surface area contributed by atoms with Crippen molar-refractivity contribution in [2.45, 2.75) is 76.7 Å². The number of amides is 4. The summed E-state index contributed by atoms with van der Waals surface area (Å²) < 4.78 is 0. The third-order valence-electron chi connectivity index (χ3n) is 6.43. The number of nitrogens with one attached hydrogen (secondary N) is 3. The largest absolute Gasteiger partial charge is 0.508 e. The van der Waals surface area contributed by atoms with Gasteiger partial charge in [0.25, 0.3) is 0 Å². The summed E-state index contributed by atoms with van der Waals surface area (Å²) in [5, 5.41) is 35.7. The number of aliphatic hydroxyl groups is 1. The second kappa shape index (κ2) is 14.4. The Bertz CT molecular complexity index is 1030. The maximum atomic E-state index is 13.4. The number of nitrogens with zero attached hydrogens (tertiary/aromatic N) is 1. The molecule has 13 nitrogen and oxygen atoms in total. The average Bonchev–Trinajstić information content (AvgIpc) is 3.37. The first-order valence-electron chi connectivity index (χ1n) is 12.9. The van der Waals surface area contributed by atoms with Crippen LogP contribution in [0, 0.1) is 5.92 Å². The number of aliphatic hydroxyl groups excluding tert-OH is 1. The molecule has 1 heterocycles. The SMILES string of the molecule is CC(C)C[C@@H](NC(=O)[C@@H](Cc1ccc(O)cc1)NC(=O)[C@H]1CCCN1C(=O)[C@H](N)CO)C(=O)N[C@@H](C)C(=O)O. The molecule has 1 aliphatic heterocycles. The topological polar surface area (TPSA) is 211 Å². The molecule has 0 radical (unpaired) electrons. The summed E-state index contributed by atoms with van der Waals surface area (Å²) >= 11 is 0. The molecule has 4 amide bonds. The lowest BCUT2D eigenvalue weighted by Gasteiger charge is -2.29. The number of hydrogen-bond acceptors (Lipinski definition) is 8. The molecule has 0 saturated carbocycles. The lowest BCUT2D eigenvalue weighted by Crippen LogP contribution is -2.58. The van der Waals surface area contributed by atoms with Gasteiger partial charge in [-0.15, -0.1) is 0 Å². The number of aliphatic carboxylic acids is 1. The normalized spacial score (nSPS) is 18.1. The van der Waals surface area contributed by atoms with E-state index in [-0.39, 0.29) is 31.1 Å². The molecule has 1 aromatic carbocycles. The van der Waals surface area contributed by atoms with E-state index < -0.39 is 66.4 Å². The summed E-state index contributed by atoms with van der Waals surface area (Å²) in [4.78, 5) is 64.6. The Labute approximate surface area is 227 Å². The predicted molar refractivity (Wildman–Crippen MR) is 140 cm³/mol. The number of carboxylic acid groups (broad SMARTS) is 1. The van der Waals surface area contributed by atoms with Crippen molar-refractivity contribution in [2.24, 2.45) is 11.7 Å². The predicted octanol–water partition coefficient (Wildman–Crippen LogP) is -1.15. The number of rotatable bonds is 13. The van der Waals surface area contributed by atoms with E-state index in [9.17, 15) is 34.2 Å². The molecule has 0 aromatic heterocycles. The molecule has 1 fully saturated rings. The van der Waals surface area contributed by atoms with E-state index in [1.54, 1.807) is 12.1 Å². The summed E-state index contributed by atoms with van der Waals surface area (Å²) in [5.74, 6) is -3.75. The number of carbonyl (C=O) groups excluding carboxylic acids is 4. The maximum Gasteiger partial charge on any atom is 0.325 e. The molecule has 0 unspecified atom stereocenters. The molecule has 1 aliphatic rings. The number of benzene rings is 1. The molecule has 5 atom stereocenters. The van der Waals surface area contributed by atoms with Crippen LogP contribution in [-0.2, 0) is 30.4 Å². The molecule has 0 spiro atoms. The molecule has 0 bridgehead atoms. The fourth-order valence-corrected chi connectivity index (χ4v) is 4.29. The molecule has 0 aliphatic carbocycles. The van der Waals surface area contributed by atoms with Gasteiger partial charge >= 0.3 is 5.97 Å². The Morgan fingerprint density at radius 2 is 1.62 bits per heavy atom. The molecule has 1 saturated heterocycles. The summed E-state index contributed by atoms with van der Waals surface area (Å²) in [6, 6.07) is 0.572. The maximum absolute atomic E-state index is 13.4. The molecular weight excluding hydrogens is 510 g/mol. The van der Waals surface area contributed by atoms with E-state index >= 15 is 0 Å². The Balaban J connectivity index is 2.27. The van der Waals surface area contributed by atoms with Crippen molar-refractivity contribution >= 4 is 29.6 Å². The lowest BCUT2D eigenvalue weighted by molar-refractivity contribution is -0.142. The van der Waals surface area contributed by atoms with Crippen molar-refractivity contribution in [3.63, 3.8) is 0 Å². The number of nitrogens with two attached hydrogens (primary N) is 1. The van der Waals surface area contributed by atoms with E-state index in [1.807, 2.05) is 13.8 Å². The van der Waals surface area contributed by atoms with Crippen LogP contribution >= 0.6 is 0 Å². The zero-order chi connectivity index (χ0) is 29.3. The quantitative estimate of drug-likeness (QED) is 0.158. The third kappa shape index (κ3) is 9.21. The fraction of sp³-hybridized carbons (Fsp3) is 0.577. The smallest absolute Gasteiger partial charge is 0.325 e. The Hall–Kier alpha value is -3.71. The zero-order valence-electron chi connectivity index (χ0n) is 22.4. The number of carboxylic acids is 1. The Morgan fingerprint density at radius 1 is 1.00 bits per heavy atom. The van der Waals surface area contributed by atoms with Crippen LogP contribution in [0.3, 0.4) is 0 Å². The van der Waals surface area contributed by atoms with Crippen LogP contribution < -0.4 is 21.7 Å². The van der Waals surface area contributed by atoms with Crippen LogP contribution in [0.25, 0.3) is 0 Å². The zero-order valence-corrected chi connectivity index (χ0v) is 22.4. The van der Waals surface area contributed by atoms with E-state index in [4.69, 9.17) is 10.8 Å². The molecule has 8 N–H and O–H groups in total. The van der Waals surface area contributed by atoms with Crippen LogP contribution in [0.2, 0.25) is 0 Å². The first kappa shape index (κ1) is 31.5. The van der Waals surface area contributed by atoms with Gasteiger partial charge in [-0.25, -0.2) is 0 Å². The number of aromatic hydroxyl groups is 1. The standard InChI is InChI=1S/C26H39N5O8/c1-14(2)11-19(22(34)28-15(3)26(38)39)29-23(35)20(12-16-6-8-17(33)9-7-16)30-24(36)21-5-4-10-31(21)25(37)18(27)13-32/h6-9,14-15,18-21,32-33H,4-5,10-13,27H2,1-3H3,(H,28,34)(H,29,35)(H,30,36)(H,38,39)/t15-,18+,19+,20+,21+/m0/s1. The second-order valence-electron chi connectivity index (χ2n) is 10.2. The summed E-state index contributed by atoms with van der Waals surface area (Å²) in [6.45, 7) is 4.68. The number of likely N-dealkylation sites (tertiary alicyclic amines) is 1. The number of hydrogen-bond donors (Lipinski definition) is 7. The minimum atomic E-state index is -1.23. The number of phenols is 1. The first-order valence-corrected chi connectivity index (χ1v) is 12.9. The molecular formula is C26H39N5O8. The lowest BCUT2D eigenvalue weighted by atomic mass is 10.0. The molecule has 216 valence electrons. The van der Waals surface area contributed by atoms with Crippen molar-refractivity contribution in [3.05, 3.63) is 29.8 Å². The van der Waals surface area contributed by atoms with E-state index in [1.165, 1.54) is 24.0 Å². The number of carbonyl (C=O) groups is 5. The Morgan fingerprint density at radius 3 is 2.18 bits per heavy atom. The number of phenolic OH excluding ortho intramolecular Hbond substituents is 1. The molecule has 1 aromatic rings. The van der Waals surface area contributed by atoms with Crippen molar-refractivity contribution in [3.8, 4) is 5.75 Å². The van der Waals surface area contributed by atoms with E-state index in [2.05, 4.69) is 16.0 Å². The highest BCUT2D eigenvalue weighted by Gasteiger charge is 2.38. The monoisotopic (exact) mass is 549 g/mol. The van der Waals surface area contributed by atoms with Crippen molar-refractivity contribution < 1.29 is 39.3 Å². The van der Waals surface area contributed by atoms with Gasteiger partial charge in [-0.3, -0.25) is 24.0 Å². The van der Waals surface area contributed by atoms with Gasteiger partial charge < -0.3 is 41.9 Å². The fourth-order valence-electron chi connectivity index (χ4n) is 4.29. The van der Waals surface area contributed by atoms with Crippen LogP contribution in [-0.4, -0.2) is 93.2 Å². The minimum Gasteiger partial charge on any atom is -0.508 e. The van der Waals surface area contributed by atoms with Crippen LogP contribution in [0.4, 0.5) is 0 Å². The van der Waals surface area contributed by atoms with E-state index in [0.717, 1.165) is 0 Å². The Kier molecular flexibility index (Phi) is 11.7. The summed E-state index contributed by atoms with van der Waals surface area (Å²) in [7, 11) is 0. The highest BCUT2D eigenvalue weighted by Crippen LogP contribution is 2.19. The van der Waals surface area contributed by atoms with Gasteiger partial charge in [-0.05, 0) is 49.8 Å². The van der Waals surface area contributed by atoms with Gasteiger partial charge in [0, 0.05) is 13.0 Å². The van der Waals surface area contributed by atoms with Gasteiger partial charge in [-0.1, -0.05) is 26.0 Å². The molecule has 2 rings (SSSR count). The molecule has 13 heteroatoms. The second-order valence-corrected chi connectivity index (χ2v) is 10.2. The van der Waals surface area contributed by atoms with Crippen molar-refractivity contribution in [1.29, 1.82) is 0 Å². The van der Waals surface area contributed by atoms with Crippen molar-refractivity contribution in [1.82, 2.24) is 20.9 Å². The van der Waals surface area contributed by atoms with Crippen LogP contribution in [0.1, 0.15) is 45.6 Å². The van der Waals surface area contributed by atoms with E-state index in [0.29, 0.717) is 18.4 Å². The first-order chi connectivity index (χ1) is 18.3.